The van der Waals surface area contributed by atoms with Crippen LogP contribution in [-0.2, 0) is 17.8 Å². The van der Waals surface area contributed by atoms with Crippen molar-refractivity contribution < 1.29 is 18.3 Å². The van der Waals surface area contributed by atoms with Crippen LogP contribution in [0.3, 0.4) is 0 Å². The van der Waals surface area contributed by atoms with E-state index in [2.05, 4.69) is 36.5 Å². The Balaban J connectivity index is 1.49. The molecule has 0 bridgehead atoms. The molecule has 3 heterocycles. The maximum Gasteiger partial charge on any atom is 0.318 e. The van der Waals surface area contributed by atoms with Crippen molar-refractivity contribution in [3.63, 3.8) is 0 Å². The van der Waals surface area contributed by atoms with Crippen molar-refractivity contribution in [3.8, 4) is 12.1 Å². The second-order valence-electron chi connectivity index (χ2n) is 12.1. The fraction of sp³-hybridized carbons (Fsp3) is 0.548. The number of nitrogens with zero attached hydrogens (tertiary/aromatic N) is 7. The SMILES string of the molecule is C=C(F)C(=O)N1CCN(c2nc(OCC3(CN(C)C)CC3)nc3c2CCCN(c2c(C)cccc2F)C3)C[C@@H]1CC#N. The van der Waals surface area contributed by atoms with Gasteiger partial charge in [0.2, 0.25) is 0 Å². The minimum absolute atomic E-state index is 0.0551. The maximum absolute atomic E-state index is 15.0. The predicted octanol–water partition coefficient (Wildman–Crippen LogP) is 4.01. The number of carbonyl (C=O) groups is 1. The average Bonchev–Trinajstić information content (AvgIpc) is 3.73. The largest absolute Gasteiger partial charge is 0.463 e. The summed E-state index contributed by atoms with van der Waals surface area (Å²) in [4.78, 5) is 29.9. The lowest BCUT2D eigenvalue weighted by Gasteiger charge is -2.41. The summed E-state index contributed by atoms with van der Waals surface area (Å²) in [5, 5.41) is 9.48. The number of benzene rings is 1. The first-order valence-electron chi connectivity index (χ1n) is 14.6. The Kier molecular flexibility index (Phi) is 8.64. The maximum atomic E-state index is 15.0. The van der Waals surface area contributed by atoms with Gasteiger partial charge in [-0.1, -0.05) is 18.7 Å². The number of amides is 1. The molecule has 0 radical (unpaired) electrons. The Bertz CT molecular complexity index is 1370. The number of piperazine rings is 1. The van der Waals surface area contributed by atoms with Crippen molar-refractivity contribution in [1.29, 1.82) is 5.26 Å². The van der Waals surface area contributed by atoms with E-state index >= 15 is 4.39 Å². The van der Waals surface area contributed by atoms with E-state index in [-0.39, 0.29) is 30.2 Å². The molecule has 11 heteroatoms. The third-order valence-corrected chi connectivity index (χ3v) is 8.47. The Morgan fingerprint density at radius 2 is 2.02 bits per heavy atom. The van der Waals surface area contributed by atoms with E-state index in [0.717, 1.165) is 42.6 Å². The van der Waals surface area contributed by atoms with Gasteiger partial charge in [0, 0.05) is 43.7 Å². The molecule has 3 aliphatic rings. The molecular formula is C31H39F2N7O2. The molecule has 0 N–H and O–H groups in total. The van der Waals surface area contributed by atoms with Gasteiger partial charge in [0.1, 0.15) is 11.6 Å². The molecule has 42 heavy (non-hydrogen) atoms. The van der Waals surface area contributed by atoms with Crippen LogP contribution in [0.5, 0.6) is 6.01 Å². The molecule has 0 spiro atoms. The van der Waals surface area contributed by atoms with Crippen LogP contribution in [0.1, 0.15) is 42.5 Å². The molecule has 1 saturated heterocycles. The summed E-state index contributed by atoms with van der Waals surface area (Å²) in [6, 6.07) is 7.00. The first-order valence-corrected chi connectivity index (χ1v) is 14.6. The minimum atomic E-state index is -1.03. The fourth-order valence-corrected chi connectivity index (χ4v) is 6.29. The molecule has 0 unspecified atom stereocenters. The van der Waals surface area contributed by atoms with Gasteiger partial charge >= 0.3 is 6.01 Å². The van der Waals surface area contributed by atoms with Gasteiger partial charge in [-0.05, 0) is 58.3 Å². The zero-order valence-electron chi connectivity index (χ0n) is 24.7. The van der Waals surface area contributed by atoms with Crippen LogP contribution < -0.4 is 14.5 Å². The summed E-state index contributed by atoms with van der Waals surface area (Å²) in [6.45, 7) is 8.48. The summed E-state index contributed by atoms with van der Waals surface area (Å²) < 4.78 is 35.1. The van der Waals surface area contributed by atoms with Crippen LogP contribution in [0.2, 0.25) is 0 Å². The van der Waals surface area contributed by atoms with Crippen molar-refractivity contribution in [3.05, 3.63) is 53.2 Å². The number of anilines is 2. The number of carbonyl (C=O) groups excluding carboxylic acids is 1. The normalized spacial score (nSPS) is 19.6. The number of halogens is 2. The summed E-state index contributed by atoms with van der Waals surface area (Å²) in [5.74, 6) is -1.38. The Hall–Kier alpha value is -3.78. The van der Waals surface area contributed by atoms with E-state index in [0.29, 0.717) is 50.7 Å². The number of hydrogen-bond donors (Lipinski definition) is 0. The fourth-order valence-electron chi connectivity index (χ4n) is 6.29. The molecule has 1 amide bonds. The summed E-state index contributed by atoms with van der Waals surface area (Å²) in [7, 11) is 4.10. The van der Waals surface area contributed by atoms with Crippen molar-refractivity contribution in [2.24, 2.45) is 5.41 Å². The molecule has 2 aliphatic heterocycles. The van der Waals surface area contributed by atoms with E-state index in [1.807, 2.05) is 17.9 Å². The molecule has 1 atom stereocenters. The van der Waals surface area contributed by atoms with E-state index in [9.17, 15) is 14.4 Å². The molecule has 1 aliphatic carbocycles. The quantitative estimate of drug-likeness (QED) is 0.412. The van der Waals surface area contributed by atoms with Gasteiger partial charge in [-0.25, -0.2) is 8.78 Å². The minimum Gasteiger partial charge on any atom is -0.463 e. The topological polar surface area (TPSA) is 88.8 Å². The molecule has 2 fully saturated rings. The van der Waals surface area contributed by atoms with Gasteiger partial charge in [-0.3, -0.25) is 4.79 Å². The zero-order valence-corrected chi connectivity index (χ0v) is 24.7. The number of fused-ring (bicyclic) bond motifs is 1. The standard InChI is InChI=1S/C31H39F2N7O2/c1-21-7-5-9-25(33)27(21)38-14-6-8-24-26(18-38)35-30(42-20-31(11-12-31)19-37(3)4)36-28(24)39-15-16-40(29(41)22(2)32)23(17-39)10-13-34/h5,7,9,23H,2,6,8,10-12,14-20H2,1,3-4H3/t23-/m0/s1. The second kappa shape index (κ2) is 12.2. The Morgan fingerprint density at radius 3 is 2.69 bits per heavy atom. The van der Waals surface area contributed by atoms with Crippen LogP contribution >= 0.6 is 0 Å². The van der Waals surface area contributed by atoms with Crippen LogP contribution in [0.4, 0.5) is 20.3 Å². The number of aryl methyl sites for hydroxylation is 1. The number of hydrogen-bond acceptors (Lipinski definition) is 8. The monoisotopic (exact) mass is 579 g/mol. The second-order valence-corrected chi connectivity index (χ2v) is 12.1. The van der Waals surface area contributed by atoms with Gasteiger partial charge < -0.3 is 24.3 Å². The summed E-state index contributed by atoms with van der Waals surface area (Å²) >= 11 is 0. The summed E-state index contributed by atoms with van der Waals surface area (Å²) in [6.07, 6.45) is 3.66. The molecule has 224 valence electrons. The van der Waals surface area contributed by atoms with Crippen molar-refractivity contribution in [2.75, 3.05) is 63.2 Å². The van der Waals surface area contributed by atoms with Crippen molar-refractivity contribution >= 4 is 17.4 Å². The lowest BCUT2D eigenvalue weighted by molar-refractivity contribution is -0.131. The highest BCUT2D eigenvalue weighted by molar-refractivity contribution is 5.91. The first-order chi connectivity index (χ1) is 20.1. The molecular weight excluding hydrogens is 540 g/mol. The molecule has 5 rings (SSSR count). The highest BCUT2D eigenvalue weighted by Crippen LogP contribution is 2.46. The number of ether oxygens (including phenoxy) is 1. The molecule has 2 aromatic rings. The van der Waals surface area contributed by atoms with Crippen LogP contribution in [0.25, 0.3) is 0 Å². The van der Waals surface area contributed by atoms with Crippen LogP contribution in [-0.4, -0.2) is 85.1 Å². The smallest absolute Gasteiger partial charge is 0.318 e. The van der Waals surface area contributed by atoms with Crippen LogP contribution in [0.15, 0.2) is 30.6 Å². The van der Waals surface area contributed by atoms with E-state index in [1.165, 1.54) is 11.0 Å². The third-order valence-electron chi connectivity index (χ3n) is 8.47. The van der Waals surface area contributed by atoms with Crippen molar-refractivity contribution in [1.82, 2.24) is 19.8 Å². The summed E-state index contributed by atoms with van der Waals surface area (Å²) in [5.41, 5.74) is 3.25. The third kappa shape index (κ3) is 6.33. The van der Waals surface area contributed by atoms with E-state index in [4.69, 9.17) is 14.7 Å². The average molecular weight is 580 g/mol. The van der Waals surface area contributed by atoms with Crippen LogP contribution in [0, 0.1) is 29.5 Å². The van der Waals surface area contributed by atoms with Gasteiger partial charge in [-0.2, -0.15) is 15.2 Å². The lowest BCUT2D eigenvalue weighted by atomic mass is 10.1. The van der Waals surface area contributed by atoms with E-state index in [1.54, 1.807) is 6.07 Å². The molecule has 1 saturated carbocycles. The Morgan fingerprint density at radius 1 is 1.24 bits per heavy atom. The highest BCUT2D eigenvalue weighted by atomic mass is 19.1. The number of nitriles is 1. The molecule has 1 aromatic heterocycles. The first kappa shape index (κ1) is 29.7. The van der Waals surface area contributed by atoms with Crippen molar-refractivity contribution in [2.45, 2.75) is 51.6 Å². The molecule has 9 nitrogen and oxygen atoms in total. The zero-order chi connectivity index (χ0) is 30.0. The molecule has 1 aromatic carbocycles. The number of rotatable bonds is 9. The van der Waals surface area contributed by atoms with Gasteiger partial charge in [0.15, 0.2) is 5.83 Å². The Labute approximate surface area is 246 Å². The van der Waals surface area contributed by atoms with Gasteiger partial charge in [-0.15, -0.1) is 0 Å². The number of para-hydroxylation sites is 1. The van der Waals surface area contributed by atoms with Gasteiger partial charge in [0.25, 0.3) is 5.91 Å². The lowest BCUT2D eigenvalue weighted by Crippen LogP contribution is -2.55. The van der Waals surface area contributed by atoms with Gasteiger partial charge in [0.05, 0.1) is 43.1 Å². The number of aromatic nitrogens is 2. The highest BCUT2D eigenvalue weighted by Gasteiger charge is 2.44. The van der Waals surface area contributed by atoms with E-state index < -0.39 is 17.8 Å². The predicted molar refractivity (Wildman–Crippen MR) is 156 cm³/mol.